The molecule has 0 bridgehead atoms. The van der Waals surface area contributed by atoms with Crippen molar-refractivity contribution in [3.63, 3.8) is 0 Å². The number of carbonyl (C=O) groups is 1. The molecule has 0 aliphatic rings. The molecule has 0 radical (unpaired) electrons. The van der Waals surface area contributed by atoms with Gasteiger partial charge in [-0.15, -0.1) is 0 Å². The Hall–Kier alpha value is -2.57. The third kappa shape index (κ3) is 6.75. The Morgan fingerprint density at radius 3 is 1.83 bits per heavy atom. The zero-order valence-electron chi connectivity index (χ0n) is 19.2. The molecular formula is C27H36NO2+. The predicted octanol–water partition coefficient (Wildman–Crippen LogP) is 5.62. The van der Waals surface area contributed by atoms with Gasteiger partial charge in [-0.25, -0.2) is 0 Å². The molecule has 0 amide bonds. The van der Waals surface area contributed by atoms with E-state index in [1.165, 1.54) is 11.1 Å². The molecule has 3 nitrogen and oxygen atoms in total. The summed E-state index contributed by atoms with van der Waals surface area (Å²) in [4.78, 5) is 12.2. The summed E-state index contributed by atoms with van der Waals surface area (Å²) < 4.78 is 6.30. The van der Waals surface area contributed by atoms with Crippen LogP contribution in [-0.2, 0) is 9.53 Å². The van der Waals surface area contributed by atoms with E-state index in [0.717, 1.165) is 19.5 Å². The van der Waals surface area contributed by atoms with E-state index in [1.807, 2.05) is 32.9 Å². The molecule has 2 aromatic carbocycles. The molecule has 0 fully saturated rings. The van der Waals surface area contributed by atoms with E-state index in [0.29, 0.717) is 17.8 Å². The Morgan fingerprint density at radius 1 is 0.900 bits per heavy atom. The Bertz CT molecular complexity index is 798. The molecule has 0 unspecified atom stereocenters. The molecule has 0 aromatic heterocycles. The van der Waals surface area contributed by atoms with E-state index in [9.17, 15) is 4.79 Å². The average Bonchev–Trinajstić information content (AvgIpc) is 2.76. The summed E-state index contributed by atoms with van der Waals surface area (Å²) in [5.74, 6) is 6.90. The van der Waals surface area contributed by atoms with Crippen LogP contribution in [-0.4, -0.2) is 36.8 Å². The molecule has 0 saturated carbocycles. The molecule has 0 saturated heterocycles. The SMILES string of the molecule is CC[N+](CC)(CC#CCC(c1ccccc1)c1ccccc1)COC(=O)C(C)(C)C. The van der Waals surface area contributed by atoms with Gasteiger partial charge >= 0.3 is 5.97 Å². The second-order valence-electron chi connectivity index (χ2n) is 8.87. The monoisotopic (exact) mass is 406 g/mol. The smallest absolute Gasteiger partial charge is 0.315 e. The first kappa shape index (κ1) is 23.7. The number of ether oxygens (including phenoxy) is 1. The predicted molar refractivity (Wildman–Crippen MR) is 124 cm³/mol. The van der Waals surface area contributed by atoms with Gasteiger partial charge in [-0.05, 0) is 51.7 Å². The summed E-state index contributed by atoms with van der Waals surface area (Å²) in [6, 6.07) is 21.1. The van der Waals surface area contributed by atoms with Crippen LogP contribution >= 0.6 is 0 Å². The van der Waals surface area contributed by atoms with E-state index < -0.39 is 5.41 Å². The molecule has 30 heavy (non-hydrogen) atoms. The Balaban J connectivity index is 2.10. The lowest BCUT2D eigenvalue weighted by Gasteiger charge is -2.34. The van der Waals surface area contributed by atoms with Gasteiger partial charge in [0.1, 0.15) is 6.54 Å². The highest BCUT2D eigenvalue weighted by molar-refractivity contribution is 5.75. The molecule has 0 aliphatic heterocycles. The first-order chi connectivity index (χ1) is 14.3. The van der Waals surface area contributed by atoms with Gasteiger partial charge in [-0.3, -0.25) is 9.28 Å². The molecule has 160 valence electrons. The lowest BCUT2D eigenvalue weighted by Crippen LogP contribution is -2.50. The Morgan fingerprint density at radius 2 is 1.40 bits per heavy atom. The van der Waals surface area contributed by atoms with Crippen LogP contribution in [0.5, 0.6) is 0 Å². The summed E-state index contributed by atoms with van der Waals surface area (Å²) in [6.07, 6.45) is 0.767. The average molecular weight is 407 g/mol. The number of benzene rings is 2. The summed E-state index contributed by atoms with van der Waals surface area (Å²) in [6.45, 7) is 12.7. The molecule has 2 aromatic rings. The summed E-state index contributed by atoms with van der Waals surface area (Å²) in [5.41, 5.74) is 2.08. The minimum absolute atomic E-state index is 0.159. The highest BCUT2D eigenvalue weighted by Crippen LogP contribution is 2.27. The maximum absolute atomic E-state index is 12.2. The maximum atomic E-state index is 12.2. The Kier molecular flexibility index (Phi) is 8.69. The van der Waals surface area contributed by atoms with Gasteiger partial charge in [0, 0.05) is 12.3 Å². The molecule has 0 N–H and O–H groups in total. The number of nitrogens with zero attached hydrogens (tertiary/aromatic N) is 1. The summed E-state index contributed by atoms with van der Waals surface area (Å²) >= 11 is 0. The van der Waals surface area contributed by atoms with Crippen molar-refractivity contribution in [1.29, 1.82) is 0 Å². The summed E-state index contributed by atoms with van der Waals surface area (Å²) in [5, 5.41) is 0. The highest BCUT2D eigenvalue weighted by Gasteiger charge is 2.29. The fraction of sp³-hybridized carbons (Fsp3) is 0.444. The molecular weight excluding hydrogens is 370 g/mol. The van der Waals surface area contributed by atoms with E-state index in [2.05, 4.69) is 74.2 Å². The standard InChI is InChI=1S/C27H36NO2/c1-6-28(7-2,22-30-26(29)27(3,4)5)21-15-14-20-25(23-16-10-8-11-17-23)24-18-12-9-13-19-24/h8-13,16-19,25H,6-7,20-22H2,1-5H3/q+1. The normalized spacial score (nSPS) is 11.7. The molecule has 0 aliphatic carbocycles. The first-order valence-electron chi connectivity index (χ1n) is 10.9. The van der Waals surface area contributed by atoms with Crippen LogP contribution < -0.4 is 0 Å². The van der Waals surface area contributed by atoms with Crippen LogP contribution in [0.1, 0.15) is 58.1 Å². The third-order valence-electron chi connectivity index (χ3n) is 5.67. The van der Waals surface area contributed by atoms with Crippen LogP contribution in [0.15, 0.2) is 60.7 Å². The van der Waals surface area contributed by atoms with Crippen molar-refractivity contribution < 1.29 is 14.0 Å². The van der Waals surface area contributed by atoms with Crippen molar-refractivity contribution in [3.05, 3.63) is 71.8 Å². The number of carbonyl (C=O) groups excluding carboxylic acids is 1. The van der Waals surface area contributed by atoms with Gasteiger partial charge < -0.3 is 4.74 Å². The number of esters is 1. The van der Waals surface area contributed by atoms with Gasteiger partial charge in [0.15, 0.2) is 0 Å². The van der Waals surface area contributed by atoms with Gasteiger partial charge in [-0.2, -0.15) is 0 Å². The lowest BCUT2D eigenvalue weighted by molar-refractivity contribution is -0.934. The number of quaternary nitrogens is 1. The Labute approximate surface area is 182 Å². The summed E-state index contributed by atoms with van der Waals surface area (Å²) in [7, 11) is 0. The van der Waals surface area contributed by atoms with Crippen molar-refractivity contribution in [2.24, 2.45) is 5.41 Å². The second-order valence-corrected chi connectivity index (χ2v) is 8.87. The van der Waals surface area contributed by atoms with Gasteiger partial charge in [0.25, 0.3) is 0 Å². The topological polar surface area (TPSA) is 26.3 Å². The minimum Gasteiger partial charge on any atom is -0.415 e. The van der Waals surface area contributed by atoms with Crippen molar-refractivity contribution in [2.75, 3.05) is 26.4 Å². The molecule has 3 heteroatoms. The van der Waals surface area contributed by atoms with Gasteiger partial charge in [0.05, 0.1) is 18.5 Å². The number of hydrogen-bond acceptors (Lipinski definition) is 2. The van der Waals surface area contributed by atoms with Crippen LogP contribution in [0.4, 0.5) is 0 Å². The van der Waals surface area contributed by atoms with Gasteiger partial charge in [-0.1, -0.05) is 66.6 Å². The second kappa shape index (κ2) is 11.0. The quantitative estimate of drug-likeness (QED) is 0.246. The van der Waals surface area contributed by atoms with Gasteiger partial charge in [0.2, 0.25) is 6.73 Å². The molecule has 0 spiro atoms. The zero-order chi connectivity index (χ0) is 22.0. The van der Waals surface area contributed by atoms with Crippen molar-refractivity contribution >= 4 is 5.97 Å². The van der Waals surface area contributed by atoms with Crippen LogP contribution in [0, 0.1) is 17.3 Å². The van der Waals surface area contributed by atoms with E-state index in [4.69, 9.17) is 4.74 Å². The highest BCUT2D eigenvalue weighted by atomic mass is 16.5. The molecule has 2 rings (SSSR count). The fourth-order valence-corrected chi connectivity index (χ4v) is 3.28. The fourth-order valence-electron chi connectivity index (χ4n) is 3.28. The minimum atomic E-state index is -0.485. The number of hydrogen-bond donors (Lipinski definition) is 0. The van der Waals surface area contributed by atoms with Crippen LogP contribution in [0.2, 0.25) is 0 Å². The zero-order valence-corrected chi connectivity index (χ0v) is 19.2. The van der Waals surface area contributed by atoms with Crippen molar-refractivity contribution in [2.45, 2.75) is 47.0 Å². The van der Waals surface area contributed by atoms with Crippen LogP contribution in [0.25, 0.3) is 0 Å². The van der Waals surface area contributed by atoms with Crippen LogP contribution in [0.3, 0.4) is 0 Å². The molecule has 0 heterocycles. The van der Waals surface area contributed by atoms with Crippen molar-refractivity contribution in [3.8, 4) is 11.8 Å². The maximum Gasteiger partial charge on any atom is 0.315 e. The number of rotatable bonds is 8. The lowest BCUT2D eigenvalue weighted by atomic mass is 9.89. The molecule has 0 atom stereocenters. The third-order valence-corrected chi connectivity index (χ3v) is 5.67. The van der Waals surface area contributed by atoms with E-state index in [-0.39, 0.29) is 11.9 Å². The largest absolute Gasteiger partial charge is 0.415 e. The van der Waals surface area contributed by atoms with E-state index in [1.54, 1.807) is 0 Å². The first-order valence-corrected chi connectivity index (χ1v) is 10.9. The van der Waals surface area contributed by atoms with E-state index >= 15 is 0 Å². The van der Waals surface area contributed by atoms with Crippen molar-refractivity contribution in [1.82, 2.24) is 0 Å².